The lowest BCUT2D eigenvalue weighted by Gasteiger charge is -2.21. The standard InChI is InChI=1S/C21H29O3Si/c1-21(2,3)17-10-11-18-16(13-17)8-7-15(9-12-20(22)23-4)19(18)14-24-25(5)6/h7-8,10-11,13H,9,12,14H2,1-6H3. The molecule has 0 amide bonds. The van der Waals surface area contributed by atoms with Crippen molar-refractivity contribution in [3.05, 3.63) is 47.0 Å². The minimum Gasteiger partial charge on any atom is -0.469 e. The molecule has 2 aromatic rings. The van der Waals surface area contributed by atoms with Gasteiger partial charge in [0.05, 0.1) is 13.7 Å². The molecule has 25 heavy (non-hydrogen) atoms. The van der Waals surface area contributed by atoms with E-state index in [0.717, 1.165) is 0 Å². The van der Waals surface area contributed by atoms with E-state index in [1.807, 2.05) is 0 Å². The normalized spacial score (nSPS) is 12.0. The van der Waals surface area contributed by atoms with Gasteiger partial charge in [-0.25, -0.2) is 0 Å². The molecule has 0 aliphatic heterocycles. The number of fused-ring (bicyclic) bond motifs is 1. The van der Waals surface area contributed by atoms with Crippen LogP contribution in [-0.2, 0) is 32.4 Å². The molecule has 0 bridgehead atoms. The van der Waals surface area contributed by atoms with Gasteiger partial charge in [0, 0.05) is 6.42 Å². The predicted molar refractivity (Wildman–Crippen MR) is 105 cm³/mol. The molecular formula is C21H29O3Si. The van der Waals surface area contributed by atoms with E-state index in [-0.39, 0.29) is 11.4 Å². The van der Waals surface area contributed by atoms with Gasteiger partial charge in [0.1, 0.15) is 0 Å². The largest absolute Gasteiger partial charge is 0.469 e. The maximum atomic E-state index is 11.5. The molecule has 4 heteroatoms. The lowest BCUT2D eigenvalue weighted by Crippen LogP contribution is -2.12. The molecule has 1 radical (unpaired) electrons. The van der Waals surface area contributed by atoms with Crippen LogP contribution >= 0.6 is 0 Å². The van der Waals surface area contributed by atoms with Gasteiger partial charge in [0.15, 0.2) is 0 Å². The highest BCUT2D eigenvalue weighted by Crippen LogP contribution is 2.30. The van der Waals surface area contributed by atoms with Crippen molar-refractivity contribution in [2.24, 2.45) is 0 Å². The summed E-state index contributed by atoms with van der Waals surface area (Å²) in [7, 11) is 0.660. The fourth-order valence-corrected chi connectivity index (χ4v) is 3.30. The fraction of sp³-hybridized carbons (Fsp3) is 0.476. The quantitative estimate of drug-likeness (QED) is 0.538. The van der Waals surface area contributed by atoms with E-state index in [2.05, 4.69) is 64.2 Å². The van der Waals surface area contributed by atoms with Crippen LogP contribution in [0.1, 0.15) is 43.9 Å². The third kappa shape index (κ3) is 5.16. The van der Waals surface area contributed by atoms with E-state index >= 15 is 0 Å². The van der Waals surface area contributed by atoms with Gasteiger partial charge in [-0.3, -0.25) is 4.79 Å². The first-order chi connectivity index (χ1) is 11.7. The Morgan fingerprint density at radius 3 is 2.44 bits per heavy atom. The molecule has 0 atom stereocenters. The second-order valence-corrected chi connectivity index (χ2v) is 9.77. The molecule has 2 rings (SSSR count). The number of hydrogen-bond donors (Lipinski definition) is 0. The Morgan fingerprint density at radius 1 is 1.12 bits per heavy atom. The SMILES string of the molecule is COC(=O)CCc1ccc2cc(C(C)(C)C)ccc2c1CO[Si](C)C. The molecule has 2 aromatic carbocycles. The summed E-state index contributed by atoms with van der Waals surface area (Å²) >= 11 is 0. The van der Waals surface area contributed by atoms with Gasteiger partial charge < -0.3 is 9.16 Å². The van der Waals surface area contributed by atoms with E-state index in [1.165, 1.54) is 34.6 Å². The van der Waals surface area contributed by atoms with Crippen LogP contribution in [0.4, 0.5) is 0 Å². The maximum Gasteiger partial charge on any atom is 0.305 e. The summed E-state index contributed by atoms with van der Waals surface area (Å²) in [5.41, 5.74) is 3.82. The third-order valence-corrected chi connectivity index (χ3v) is 5.15. The number of ether oxygens (including phenoxy) is 1. The molecule has 0 unspecified atom stereocenters. The van der Waals surface area contributed by atoms with Crippen LogP contribution in [0.5, 0.6) is 0 Å². The van der Waals surface area contributed by atoms with Crippen molar-refractivity contribution in [3.63, 3.8) is 0 Å². The predicted octanol–water partition coefficient (Wildman–Crippen LogP) is 5.01. The van der Waals surface area contributed by atoms with Crippen LogP contribution < -0.4 is 0 Å². The van der Waals surface area contributed by atoms with Gasteiger partial charge in [-0.2, -0.15) is 0 Å². The summed E-state index contributed by atoms with van der Waals surface area (Å²) < 4.78 is 10.8. The molecule has 0 fully saturated rings. The molecule has 0 aromatic heterocycles. The van der Waals surface area contributed by atoms with Gasteiger partial charge in [-0.1, -0.05) is 51.1 Å². The van der Waals surface area contributed by atoms with E-state index in [9.17, 15) is 4.79 Å². The van der Waals surface area contributed by atoms with Crippen LogP contribution in [-0.4, -0.2) is 22.1 Å². The molecular weight excluding hydrogens is 328 g/mol. The number of benzene rings is 2. The molecule has 3 nitrogen and oxygen atoms in total. The highest BCUT2D eigenvalue weighted by atomic mass is 28.3. The summed E-state index contributed by atoms with van der Waals surface area (Å²) in [6.07, 6.45) is 1.07. The fourth-order valence-electron chi connectivity index (χ4n) is 2.87. The van der Waals surface area contributed by atoms with Crippen LogP contribution in [0.2, 0.25) is 13.1 Å². The Labute approximate surface area is 153 Å². The average Bonchev–Trinajstić information content (AvgIpc) is 2.56. The summed E-state index contributed by atoms with van der Waals surface area (Å²) in [5.74, 6) is -0.175. The molecule has 0 saturated heterocycles. The number of rotatable bonds is 6. The van der Waals surface area contributed by atoms with Gasteiger partial charge in [-0.15, -0.1) is 0 Å². The first kappa shape index (κ1) is 19.7. The van der Waals surface area contributed by atoms with Gasteiger partial charge in [-0.05, 0) is 52.4 Å². The van der Waals surface area contributed by atoms with E-state index in [0.29, 0.717) is 19.4 Å². The molecule has 135 valence electrons. The smallest absolute Gasteiger partial charge is 0.305 e. The Morgan fingerprint density at radius 2 is 1.84 bits per heavy atom. The minimum atomic E-state index is -0.775. The van der Waals surface area contributed by atoms with Crippen molar-refractivity contribution >= 4 is 25.8 Å². The second-order valence-electron chi connectivity index (χ2n) is 7.66. The number of methoxy groups -OCH3 is 1. The second kappa shape index (κ2) is 8.15. The molecule has 0 aliphatic rings. The highest BCUT2D eigenvalue weighted by molar-refractivity contribution is 6.48. The summed E-state index contributed by atoms with van der Waals surface area (Å²) in [6, 6.07) is 11.0. The third-order valence-electron chi connectivity index (χ3n) is 4.43. The Balaban J connectivity index is 2.45. The van der Waals surface area contributed by atoms with Crippen LogP contribution in [0.15, 0.2) is 30.3 Å². The number of hydrogen-bond acceptors (Lipinski definition) is 3. The molecule has 0 heterocycles. The van der Waals surface area contributed by atoms with E-state index < -0.39 is 9.04 Å². The zero-order chi connectivity index (χ0) is 18.6. The average molecular weight is 358 g/mol. The van der Waals surface area contributed by atoms with Crippen LogP contribution in [0.3, 0.4) is 0 Å². The molecule has 0 saturated carbocycles. The van der Waals surface area contributed by atoms with Crippen molar-refractivity contribution < 1.29 is 14.0 Å². The first-order valence-corrected chi connectivity index (χ1v) is 11.2. The van der Waals surface area contributed by atoms with Crippen molar-refractivity contribution in [2.75, 3.05) is 7.11 Å². The number of aryl methyl sites for hydroxylation is 1. The minimum absolute atomic E-state index is 0.122. The summed E-state index contributed by atoms with van der Waals surface area (Å²) in [6.45, 7) is 11.6. The Kier molecular flexibility index (Phi) is 6.41. The lowest BCUT2D eigenvalue weighted by molar-refractivity contribution is -0.140. The number of esters is 1. The van der Waals surface area contributed by atoms with Gasteiger partial charge >= 0.3 is 5.97 Å². The van der Waals surface area contributed by atoms with Crippen molar-refractivity contribution in [3.8, 4) is 0 Å². The topological polar surface area (TPSA) is 35.5 Å². The Hall–Kier alpha value is -1.65. The highest BCUT2D eigenvalue weighted by Gasteiger charge is 2.16. The summed E-state index contributed by atoms with van der Waals surface area (Å²) in [4.78, 5) is 11.5. The van der Waals surface area contributed by atoms with Crippen LogP contribution in [0.25, 0.3) is 10.8 Å². The lowest BCUT2D eigenvalue weighted by atomic mass is 9.85. The maximum absolute atomic E-state index is 11.5. The summed E-state index contributed by atoms with van der Waals surface area (Å²) in [5, 5.41) is 2.45. The Bertz CT molecular complexity index is 745. The van der Waals surface area contributed by atoms with Crippen LogP contribution in [0, 0.1) is 0 Å². The zero-order valence-corrected chi connectivity index (χ0v) is 17.2. The van der Waals surface area contributed by atoms with E-state index in [1.54, 1.807) is 0 Å². The first-order valence-electron chi connectivity index (χ1n) is 8.77. The van der Waals surface area contributed by atoms with Gasteiger partial charge in [0.2, 0.25) is 9.04 Å². The zero-order valence-electron chi connectivity index (χ0n) is 16.2. The monoisotopic (exact) mass is 357 g/mol. The number of carbonyl (C=O) groups excluding carboxylic acids is 1. The van der Waals surface area contributed by atoms with Gasteiger partial charge in [0.25, 0.3) is 0 Å². The van der Waals surface area contributed by atoms with Crippen molar-refractivity contribution in [2.45, 2.75) is 58.7 Å². The van der Waals surface area contributed by atoms with Crippen molar-refractivity contribution in [1.82, 2.24) is 0 Å². The molecule has 0 N–H and O–H groups in total. The molecule has 0 spiro atoms. The molecule has 0 aliphatic carbocycles. The van der Waals surface area contributed by atoms with E-state index in [4.69, 9.17) is 9.16 Å². The van der Waals surface area contributed by atoms with Crippen molar-refractivity contribution in [1.29, 1.82) is 0 Å². The number of carbonyl (C=O) groups is 1.